The maximum atomic E-state index is 12.0. The van der Waals surface area contributed by atoms with E-state index in [0.717, 1.165) is 17.7 Å². The topological polar surface area (TPSA) is 29.1 Å². The van der Waals surface area contributed by atoms with Gasteiger partial charge in [-0.1, -0.05) is 64.1 Å². The zero-order valence-corrected chi connectivity index (χ0v) is 15.0. The predicted molar refractivity (Wildman–Crippen MR) is 103 cm³/mol. The molecule has 0 unspecified atom stereocenters. The second kappa shape index (κ2) is 8.49. The molecular weight excluding hydrogens is 294 g/mol. The summed E-state index contributed by atoms with van der Waals surface area (Å²) in [7, 11) is 0. The lowest BCUT2D eigenvalue weighted by molar-refractivity contribution is -0.111. The van der Waals surface area contributed by atoms with Crippen molar-refractivity contribution in [3.8, 4) is 0 Å². The molecule has 0 aliphatic carbocycles. The zero-order chi connectivity index (χ0) is 17.5. The van der Waals surface area contributed by atoms with Crippen molar-refractivity contribution in [2.45, 2.75) is 46.0 Å². The molecule has 2 rings (SSSR count). The minimum absolute atomic E-state index is 0.112. The lowest BCUT2D eigenvalue weighted by Crippen LogP contribution is -2.07. The summed E-state index contributed by atoms with van der Waals surface area (Å²) in [6.45, 7) is 8.73. The van der Waals surface area contributed by atoms with Gasteiger partial charge in [-0.3, -0.25) is 4.79 Å². The van der Waals surface area contributed by atoms with Crippen LogP contribution in [0.15, 0.2) is 54.6 Å². The van der Waals surface area contributed by atoms with Gasteiger partial charge in [0.05, 0.1) is 0 Å². The maximum absolute atomic E-state index is 12.0. The summed E-state index contributed by atoms with van der Waals surface area (Å²) in [5, 5.41) is 2.90. The van der Waals surface area contributed by atoms with E-state index in [4.69, 9.17) is 0 Å². The van der Waals surface area contributed by atoms with Gasteiger partial charge >= 0.3 is 0 Å². The van der Waals surface area contributed by atoms with Crippen LogP contribution in [0.25, 0.3) is 6.08 Å². The molecule has 1 atom stereocenters. The molecule has 0 aliphatic rings. The van der Waals surface area contributed by atoms with E-state index in [2.05, 4.69) is 57.3 Å². The highest BCUT2D eigenvalue weighted by Gasteiger charge is 2.03. The first-order chi connectivity index (χ1) is 11.5. The molecule has 126 valence electrons. The first-order valence-electron chi connectivity index (χ1n) is 8.68. The average Bonchev–Trinajstić information content (AvgIpc) is 2.60. The van der Waals surface area contributed by atoms with Gasteiger partial charge in [0.2, 0.25) is 5.91 Å². The summed E-state index contributed by atoms with van der Waals surface area (Å²) >= 11 is 0. The molecule has 2 aromatic carbocycles. The Bertz CT molecular complexity index is 681. The van der Waals surface area contributed by atoms with E-state index in [1.54, 1.807) is 6.08 Å². The number of amides is 1. The van der Waals surface area contributed by atoms with Crippen molar-refractivity contribution >= 4 is 17.7 Å². The third-order valence-electron chi connectivity index (χ3n) is 4.39. The third-order valence-corrected chi connectivity index (χ3v) is 4.39. The molecule has 24 heavy (non-hydrogen) atoms. The van der Waals surface area contributed by atoms with E-state index in [1.165, 1.54) is 11.1 Å². The van der Waals surface area contributed by atoms with Gasteiger partial charge < -0.3 is 5.32 Å². The molecule has 1 N–H and O–H groups in total. The Morgan fingerprint density at radius 3 is 2.08 bits per heavy atom. The summed E-state index contributed by atoms with van der Waals surface area (Å²) in [5.41, 5.74) is 4.46. The van der Waals surface area contributed by atoms with Crippen molar-refractivity contribution in [1.29, 1.82) is 0 Å². The van der Waals surface area contributed by atoms with Crippen molar-refractivity contribution in [2.75, 3.05) is 5.32 Å². The van der Waals surface area contributed by atoms with Gasteiger partial charge in [0.1, 0.15) is 0 Å². The van der Waals surface area contributed by atoms with Gasteiger partial charge in [-0.25, -0.2) is 0 Å². The van der Waals surface area contributed by atoms with Crippen LogP contribution in [0, 0.1) is 0 Å². The Morgan fingerprint density at radius 1 is 0.958 bits per heavy atom. The van der Waals surface area contributed by atoms with Crippen LogP contribution in [0.4, 0.5) is 5.69 Å². The van der Waals surface area contributed by atoms with Gasteiger partial charge in [-0.05, 0) is 53.2 Å². The molecule has 2 aromatic rings. The van der Waals surface area contributed by atoms with Crippen molar-refractivity contribution in [1.82, 2.24) is 0 Å². The number of carbonyl (C=O) groups excluding carboxylic acids is 1. The highest BCUT2D eigenvalue weighted by atomic mass is 16.1. The van der Waals surface area contributed by atoms with Crippen LogP contribution in [-0.2, 0) is 4.79 Å². The summed E-state index contributed by atoms with van der Waals surface area (Å²) in [6, 6.07) is 16.4. The number of nitrogens with one attached hydrogen (secondary N) is 1. The lowest BCUT2D eigenvalue weighted by atomic mass is 9.99. The van der Waals surface area contributed by atoms with E-state index in [9.17, 15) is 4.79 Å². The molecular formula is C22H27NO. The second-order valence-corrected chi connectivity index (χ2v) is 6.58. The normalized spacial score (nSPS) is 12.5. The van der Waals surface area contributed by atoms with Crippen LogP contribution >= 0.6 is 0 Å². The molecule has 0 spiro atoms. The van der Waals surface area contributed by atoms with Crippen LogP contribution in [0.2, 0.25) is 0 Å². The summed E-state index contributed by atoms with van der Waals surface area (Å²) < 4.78 is 0. The van der Waals surface area contributed by atoms with Crippen LogP contribution in [0.3, 0.4) is 0 Å². The minimum Gasteiger partial charge on any atom is -0.323 e. The molecule has 0 aliphatic heterocycles. The standard InChI is InChI=1S/C22H27NO/c1-5-17(4)20-11-13-21(14-12-20)23-22(24)15-8-18-6-9-19(10-7-18)16(2)3/h6-17H,5H2,1-4H3,(H,23,24)/b15-8+/t17-/m1/s1. The maximum Gasteiger partial charge on any atom is 0.248 e. The fourth-order valence-corrected chi connectivity index (χ4v) is 2.48. The fraction of sp³-hybridized carbons (Fsp3) is 0.318. The largest absolute Gasteiger partial charge is 0.323 e. The summed E-state index contributed by atoms with van der Waals surface area (Å²) in [4.78, 5) is 12.0. The van der Waals surface area contributed by atoms with Gasteiger partial charge in [0.15, 0.2) is 0 Å². The second-order valence-electron chi connectivity index (χ2n) is 6.58. The minimum atomic E-state index is -0.112. The van der Waals surface area contributed by atoms with Crippen LogP contribution < -0.4 is 5.32 Å². The number of benzene rings is 2. The monoisotopic (exact) mass is 321 g/mol. The summed E-state index contributed by atoms with van der Waals surface area (Å²) in [5.74, 6) is 0.951. The quantitative estimate of drug-likeness (QED) is 0.652. The van der Waals surface area contributed by atoms with Crippen molar-refractivity contribution in [3.05, 3.63) is 71.3 Å². The van der Waals surface area contributed by atoms with Gasteiger partial charge in [0, 0.05) is 11.8 Å². The van der Waals surface area contributed by atoms with Crippen molar-refractivity contribution in [3.63, 3.8) is 0 Å². The van der Waals surface area contributed by atoms with E-state index in [0.29, 0.717) is 11.8 Å². The Hall–Kier alpha value is -2.35. The van der Waals surface area contributed by atoms with Gasteiger partial charge in [-0.2, -0.15) is 0 Å². The molecule has 2 nitrogen and oxygen atoms in total. The van der Waals surface area contributed by atoms with Crippen LogP contribution in [-0.4, -0.2) is 5.91 Å². The number of carbonyl (C=O) groups is 1. The highest BCUT2D eigenvalue weighted by molar-refractivity contribution is 6.01. The molecule has 1 amide bonds. The Morgan fingerprint density at radius 2 is 1.54 bits per heavy atom. The highest BCUT2D eigenvalue weighted by Crippen LogP contribution is 2.20. The molecule has 0 aromatic heterocycles. The number of hydrogen-bond acceptors (Lipinski definition) is 1. The Balaban J connectivity index is 1.94. The van der Waals surface area contributed by atoms with Gasteiger partial charge in [0.25, 0.3) is 0 Å². The van der Waals surface area contributed by atoms with Crippen LogP contribution in [0.1, 0.15) is 62.6 Å². The third kappa shape index (κ3) is 5.09. The lowest BCUT2D eigenvalue weighted by Gasteiger charge is -2.09. The Labute approximate surface area is 145 Å². The molecule has 2 heteroatoms. The van der Waals surface area contributed by atoms with Gasteiger partial charge in [-0.15, -0.1) is 0 Å². The zero-order valence-electron chi connectivity index (χ0n) is 15.0. The first-order valence-corrected chi connectivity index (χ1v) is 8.68. The van der Waals surface area contributed by atoms with E-state index in [1.807, 2.05) is 30.3 Å². The van der Waals surface area contributed by atoms with E-state index < -0.39 is 0 Å². The summed E-state index contributed by atoms with van der Waals surface area (Å²) in [6.07, 6.45) is 4.53. The number of hydrogen-bond donors (Lipinski definition) is 1. The molecule has 0 saturated heterocycles. The fourth-order valence-electron chi connectivity index (χ4n) is 2.48. The van der Waals surface area contributed by atoms with Crippen molar-refractivity contribution in [2.24, 2.45) is 0 Å². The van der Waals surface area contributed by atoms with E-state index in [-0.39, 0.29) is 5.91 Å². The number of anilines is 1. The van der Waals surface area contributed by atoms with Crippen LogP contribution in [0.5, 0.6) is 0 Å². The molecule has 0 bridgehead atoms. The average molecular weight is 321 g/mol. The number of rotatable bonds is 6. The van der Waals surface area contributed by atoms with Crippen molar-refractivity contribution < 1.29 is 4.79 Å². The predicted octanol–water partition coefficient (Wildman–Crippen LogP) is 5.98. The smallest absolute Gasteiger partial charge is 0.248 e. The SMILES string of the molecule is CC[C@@H](C)c1ccc(NC(=O)/C=C/c2ccc(C(C)C)cc2)cc1. The molecule has 0 radical (unpaired) electrons. The molecule has 0 fully saturated rings. The molecule has 0 saturated carbocycles. The molecule has 0 heterocycles. The Kier molecular flexibility index (Phi) is 6.36. The first kappa shape index (κ1) is 18.0. The van der Waals surface area contributed by atoms with E-state index >= 15 is 0 Å².